The largest absolute Gasteiger partial charge is 0.389 e. The van der Waals surface area contributed by atoms with Gasteiger partial charge in [0, 0.05) is 5.69 Å². The molecule has 2 rings (SSSR count). The lowest BCUT2D eigenvalue weighted by Crippen LogP contribution is -2.16. The fourth-order valence-corrected chi connectivity index (χ4v) is 1.93. The highest BCUT2D eigenvalue weighted by Gasteiger charge is 2.19. The third-order valence-corrected chi connectivity index (χ3v) is 3.14. The second kappa shape index (κ2) is 6.01. The molecule has 0 aromatic heterocycles. The fraction of sp³-hybridized carbons (Fsp3) is 0.188. The van der Waals surface area contributed by atoms with Crippen molar-refractivity contribution in [2.45, 2.75) is 20.0 Å². The van der Waals surface area contributed by atoms with E-state index < -0.39 is 29.2 Å². The summed E-state index contributed by atoms with van der Waals surface area (Å²) in [6, 6.07) is 8.79. The number of aryl methyl sites for hydroxylation is 1. The topological polar surface area (TPSA) is 49.3 Å². The molecule has 3 nitrogen and oxygen atoms in total. The molecule has 0 heterocycles. The molecule has 0 spiro atoms. The number of anilines is 1. The number of nitrogens with one attached hydrogen (secondary N) is 1. The number of aliphatic hydroxyl groups is 1. The smallest absolute Gasteiger partial charge is 0.261 e. The molecule has 1 unspecified atom stereocenters. The Kier molecular flexibility index (Phi) is 4.33. The van der Waals surface area contributed by atoms with E-state index in [-0.39, 0.29) is 5.56 Å². The quantitative estimate of drug-likeness (QED) is 0.908. The molecule has 0 saturated carbocycles. The first kappa shape index (κ1) is 15.1. The Hall–Kier alpha value is -2.27. The van der Waals surface area contributed by atoms with Crippen LogP contribution in [0.25, 0.3) is 0 Å². The molecule has 0 aliphatic rings. The first-order valence-corrected chi connectivity index (χ1v) is 6.44. The van der Waals surface area contributed by atoms with Gasteiger partial charge in [0.15, 0.2) is 0 Å². The van der Waals surface area contributed by atoms with E-state index in [4.69, 9.17) is 0 Å². The molecule has 5 heteroatoms. The van der Waals surface area contributed by atoms with Gasteiger partial charge < -0.3 is 10.4 Å². The molecule has 0 aliphatic carbocycles. The molecule has 110 valence electrons. The summed E-state index contributed by atoms with van der Waals surface area (Å²) < 4.78 is 27.5. The van der Waals surface area contributed by atoms with Crippen molar-refractivity contribution in [3.05, 3.63) is 64.7 Å². The van der Waals surface area contributed by atoms with Crippen LogP contribution in [0.5, 0.6) is 0 Å². The van der Waals surface area contributed by atoms with Crippen molar-refractivity contribution < 1.29 is 18.7 Å². The van der Waals surface area contributed by atoms with Crippen molar-refractivity contribution in [1.82, 2.24) is 0 Å². The van der Waals surface area contributed by atoms with Gasteiger partial charge in [0.05, 0.1) is 6.10 Å². The minimum atomic E-state index is -0.915. The van der Waals surface area contributed by atoms with Crippen LogP contribution in [0.15, 0.2) is 36.4 Å². The average molecular weight is 291 g/mol. The van der Waals surface area contributed by atoms with Crippen LogP contribution >= 0.6 is 0 Å². The van der Waals surface area contributed by atoms with E-state index in [2.05, 4.69) is 5.32 Å². The summed E-state index contributed by atoms with van der Waals surface area (Å²) in [5.74, 6) is -2.65. The van der Waals surface area contributed by atoms with E-state index in [9.17, 15) is 18.7 Å². The number of halogens is 2. The molecule has 0 radical (unpaired) electrons. The molecule has 0 fully saturated rings. The number of rotatable bonds is 3. The van der Waals surface area contributed by atoms with Gasteiger partial charge in [0.1, 0.15) is 17.2 Å². The number of aliphatic hydroxyl groups excluding tert-OH is 1. The highest BCUT2D eigenvalue weighted by atomic mass is 19.1. The molecule has 2 aromatic carbocycles. The van der Waals surface area contributed by atoms with Crippen molar-refractivity contribution in [2.75, 3.05) is 5.32 Å². The molecule has 2 N–H and O–H groups in total. The summed E-state index contributed by atoms with van der Waals surface area (Å²) in [7, 11) is 0. The van der Waals surface area contributed by atoms with E-state index in [0.717, 1.165) is 6.07 Å². The lowest BCUT2D eigenvalue weighted by molar-refractivity contribution is 0.101. The van der Waals surface area contributed by atoms with Gasteiger partial charge in [-0.15, -0.1) is 0 Å². The first-order valence-electron chi connectivity index (χ1n) is 6.44. The van der Waals surface area contributed by atoms with Gasteiger partial charge in [-0.1, -0.05) is 18.2 Å². The molecular formula is C16H15F2NO2. The number of benzene rings is 2. The van der Waals surface area contributed by atoms with Gasteiger partial charge in [0.2, 0.25) is 0 Å². The SMILES string of the molecule is Cc1ccc(F)c(C(=O)Nc2cccc(C(C)O)c2)c1F. The Morgan fingerprint density at radius 3 is 2.62 bits per heavy atom. The maximum absolute atomic E-state index is 13.9. The van der Waals surface area contributed by atoms with E-state index >= 15 is 0 Å². The Labute approximate surface area is 121 Å². The highest BCUT2D eigenvalue weighted by Crippen LogP contribution is 2.20. The van der Waals surface area contributed by atoms with E-state index in [1.807, 2.05) is 0 Å². The van der Waals surface area contributed by atoms with Crippen LogP contribution in [-0.2, 0) is 0 Å². The van der Waals surface area contributed by atoms with Gasteiger partial charge in [0.25, 0.3) is 5.91 Å². The van der Waals surface area contributed by atoms with Gasteiger partial charge in [-0.3, -0.25) is 4.79 Å². The number of hydrogen-bond acceptors (Lipinski definition) is 2. The molecule has 0 aliphatic heterocycles. The van der Waals surface area contributed by atoms with Crippen LogP contribution in [-0.4, -0.2) is 11.0 Å². The maximum Gasteiger partial charge on any atom is 0.261 e. The Bertz CT molecular complexity index is 684. The standard InChI is InChI=1S/C16H15F2NO2/c1-9-6-7-13(17)14(15(9)18)16(21)19-12-5-3-4-11(8-12)10(2)20/h3-8,10,20H,1-2H3,(H,19,21). The summed E-state index contributed by atoms with van der Waals surface area (Å²) in [6.45, 7) is 3.04. The van der Waals surface area contributed by atoms with E-state index in [0.29, 0.717) is 11.3 Å². The molecule has 1 atom stereocenters. The predicted molar refractivity (Wildman–Crippen MR) is 76.1 cm³/mol. The molecule has 21 heavy (non-hydrogen) atoms. The Morgan fingerprint density at radius 2 is 1.95 bits per heavy atom. The predicted octanol–water partition coefficient (Wildman–Crippen LogP) is 3.58. The third-order valence-electron chi connectivity index (χ3n) is 3.14. The highest BCUT2D eigenvalue weighted by molar-refractivity contribution is 6.04. The molecule has 2 aromatic rings. The average Bonchev–Trinajstić information content (AvgIpc) is 2.43. The first-order chi connectivity index (χ1) is 9.90. The van der Waals surface area contributed by atoms with Crippen LogP contribution < -0.4 is 5.32 Å². The lowest BCUT2D eigenvalue weighted by atomic mass is 10.1. The molecule has 0 saturated heterocycles. The summed E-state index contributed by atoms with van der Waals surface area (Å²) in [5.41, 5.74) is 0.536. The summed E-state index contributed by atoms with van der Waals surface area (Å²) >= 11 is 0. The second-order valence-corrected chi connectivity index (χ2v) is 4.81. The van der Waals surface area contributed by atoms with Crippen LogP contribution in [0.1, 0.15) is 34.5 Å². The minimum absolute atomic E-state index is 0.194. The Morgan fingerprint density at radius 1 is 1.24 bits per heavy atom. The fourth-order valence-electron chi connectivity index (χ4n) is 1.93. The van der Waals surface area contributed by atoms with Crippen molar-refractivity contribution in [3.63, 3.8) is 0 Å². The van der Waals surface area contributed by atoms with Gasteiger partial charge in [-0.05, 0) is 43.2 Å². The summed E-state index contributed by atoms with van der Waals surface area (Å²) in [4.78, 5) is 12.0. The number of amides is 1. The molecule has 1 amide bonds. The number of carbonyl (C=O) groups excluding carboxylic acids is 1. The monoisotopic (exact) mass is 291 g/mol. The van der Waals surface area contributed by atoms with Gasteiger partial charge in [-0.25, -0.2) is 8.78 Å². The Balaban J connectivity index is 2.31. The van der Waals surface area contributed by atoms with Crippen LogP contribution in [0.4, 0.5) is 14.5 Å². The zero-order valence-corrected chi connectivity index (χ0v) is 11.7. The van der Waals surface area contributed by atoms with E-state index in [1.165, 1.54) is 13.0 Å². The summed E-state index contributed by atoms with van der Waals surface area (Å²) in [5, 5.41) is 11.9. The second-order valence-electron chi connectivity index (χ2n) is 4.81. The summed E-state index contributed by atoms with van der Waals surface area (Å²) in [6.07, 6.45) is -0.700. The number of hydrogen-bond donors (Lipinski definition) is 2. The van der Waals surface area contributed by atoms with Crippen molar-refractivity contribution >= 4 is 11.6 Å². The van der Waals surface area contributed by atoms with Crippen molar-refractivity contribution in [1.29, 1.82) is 0 Å². The number of carbonyl (C=O) groups is 1. The zero-order valence-electron chi connectivity index (χ0n) is 11.7. The lowest BCUT2D eigenvalue weighted by Gasteiger charge is -2.11. The van der Waals surface area contributed by atoms with Crippen LogP contribution in [0.2, 0.25) is 0 Å². The molecular weight excluding hydrogens is 276 g/mol. The normalized spacial score (nSPS) is 12.0. The molecule has 0 bridgehead atoms. The van der Waals surface area contributed by atoms with Crippen LogP contribution in [0.3, 0.4) is 0 Å². The van der Waals surface area contributed by atoms with Crippen molar-refractivity contribution in [2.24, 2.45) is 0 Å². The maximum atomic E-state index is 13.9. The minimum Gasteiger partial charge on any atom is -0.389 e. The van der Waals surface area contributed by atoms with Crippen molar-refractivity contribution in [3.8, 4) is 0 Å². The zero-order chi connectivity index (χ0) is 15.6. The van der Waals surface area contributed by atoms with Crippen LogP contribution in [0, 0.1) is 18.6 Å². The van der Waals surface area contributed by atoms with Gasteiger partial charge in [-0.2, -0.15) is 0 Å². The van der Waals surface area contributed by atoms with Gasteiger partial charge >= 0.3 is 0 Å². The van der Waals surface area contributed by atoms with E-state index in [1.54, 1.807) is 31.2 Å². The third kappa shape index (κ3) is 3.25.